The second kappa shape index (κ2) is 5.82. The number of nitrogens with zero attached hydrogens (tertiary/aromatic N) is 1. The number of aromatic nitrogens is 1. The van der Waals surface area contributed by atoms with Crippen LogP contribution in [0, 0.1) is 17.8 Å². The van der Waals surface area contributed by atoms with E-state index in [2.05, 4.69) is 55.2 Å². The molecule has 19 heavy (non-hydrogen) atoms. The number of fused-ring (bicyclic) bond motifs is 2. The Morgan fingerprint density at radius 3 is 2.84 bits per heavy atom. The van der Waals surface area contributed by atoms with Gasteiger partial charge >= 0.3 is 0 Å². The number of rotatable bonds is 4. The summed E-state index contributed by atoms with van der Waals surface area (Å²) in [5, 5.41) is 3.68. The maximum Gasteiger partial charge on any atom is 0.0684 e. The predicted molar refractivity (Wildman–Crippen MR) is 84.9 cm³/mol. The van der Waals surface area contributed by atoms with Crippen LogP contribution >= 0.6 is 31.9 Å². The van der Waals surface area contributed by atoms with Gasteiger partial charge in [0.15, 0.2) is 0 Å². The Kier molecular flexibility index (Phi) is 4.30. The third kappa shape index (κ3) is 3.06. The van der Waals surface area contributed by atoms with E-state index in [1.165, 1.54) is 25.7 Å². The number of hydrogen-bond donors (Lipinski definition) is 1. The maximum atomic E-state index is 4.47. The normalized spacial score (nSPS) is 30.8. The van der Waals surface area contributed by atoms with E-state index in [1.54, 1.807) is 0 Å². The molecule has 1 aromatic rings. The molecule has 2 aliphatic carbocycles. The fraction of sp³-hybridized carbons (Fsp3) is 0.667. The van der Waals surface area contributed by atoms with Crippen LogP contribution in [0.2, 0.25) is 0 Å². The Morgan fingerprint density at radius 1 is 1.37 bits per heavy atom. The van der Waals surface area contributed by atoms with Crippen LogP contribution in [0.5, 0.6) is 0 Å². The first-order chi connectivity index (χ1) is 9.13. The third-order valence-corrected chi connectivity index (χ3v) is 6.03. The zero-order valence-electron chi connectivity index (χ0n) is 11.2. The Labute approximate surface area is 132 Å². The van der Waals surface area contributed by atoms with Crippen molar-refractivity contribution in [1.82, 2.24) is 10.3 Å². The van der Waals surface area contributed by atoms with E-state index in [0.29, 0.717) is 6.04 Å². The molecular weight excluding hydrogens is 368 g/mol. The second-order valence-electron chi connectivity index (χ2n) is 6.09. The number of pyridine rings is 1. The second-order valence-corrected chi connectivity index (χ2v) is 7.86. The maximum absolute atomic E-state index is 4.47. The molecule has 104 valence electrons. The van der Waals surface area contributed by atoms with Crippen LogP contribution in [0.4, 0.5) is 0 Å². The first-order valence-electron chi connectivity index (χ1n) is 7.17. The van der Waals surface area contributed by atoms with Crippen molar-refractivity contribution in [3.05, 3.63) is 26.9 Å². The van der Waals surface area contributed by atoms with Gasteiger partial charge in [-0.25, -0.2) is 0 Å². The van der Waals surface area contributed by atoms with Gasteiger partial charge in [0, 0.05) is 27.7 Å². The van der Waals surface area contributed by atoms with E-state index in [0.717, 1.165) is 38.9 Å². The molecule has 4 unspecified atom stereocenters. The molecule has 2 aliphatic rings. The summed E-state index contributed by atoms with van der Waals surface area (Å²) in [6.45, 7) is 3.20. The van der Waals surface area contributed by atoms with Crippen LogP contribution in [0.25, 0.3) is 0 Å². The Morgan fingerprint density at radius 2 is 2.21 bits per heavy atom. The van der Waals surface area contributed by atoms with E-state index >= 15 is 0 Å². The van der Waals surface area contributed by atoms with Gasteiger partial charge in [0.05, 0.1) is 5.69 Å². The van der Waals surface area contributed by atoms with Gasteiger partial charge in [-0.1, -0.05) is 6.42 Å². The molecule has 2 fully saturated rings. The summed E-state index contributed by atoms with van der Waals surface area (Å²) in [4.78, 5) is 4.47. The van der Waals surface area contributed by atoms with Crippen LogP contribution in [0.15, 0.2) is 21.2 Å². The molecule has 1 heterocycles. The highest BCUT2D eigenvalue weighted by molar-refractivity contribution is 9.11. The van der Waals surface area contributed by atoms with Crippen molar-refractivity contribution in [2.75, 3.05) is 0 Å². The van der Waals surface area contributed by atoms with E-state index in [1.807, 2.05) is 6.20 Å². The molecule has 2 saturated carbocycles. The molecule has 2 bridgehead atoms. The highest BCUT2D eigenvalue weighted by Gasteiger charge is 2.41. The van der Waals surface area contributed by atoms with Gasteiger partial charge in [-0.05, 0) is 81.9 Å². The standard InChI is InChI=1S/C15H20Br2N2/c1-9(13-5-10-2-3-11(13)4-10)18-8-15-14(17)6-12(16)7-19-15/h6-7,9-11,13,18H,2-5,8H2,1H3. The lowest BCUT2D eigenvalue weighted by molar-refractivity contribution is 0.259. The molecule has 2 nitrogen and oxygen atoms in total. The molecule has 3 rings (SSSR count). The van der Waals surface area contributed by atoms with Gasteiger partial charge in [-0.3, -0.25) is 4.98 Å². The van der Waals surface area contributed by atoms with Gasteiger partial charge in [0.1, 0.15) is 0 Å². The van der Waals surface area contributed by atoms with Crippen molar-refractivity contribution in [1.29, 1.82) is 0 Å². The summed E-state index contributed by atoms with van der Waals surface area (Å²) in [6.07, 6.45) is 7.73. The summed E-state index contributed by atoms with van der Waals surface area (Å²) < 4.78 is 2.10. The van der Waals surface area contributed by atoms with Crippen LogP contribution in [-0.4, -0.2) is 11.0 Å². The van der Waals surface area contributed by atoms with Crippen LogP contribution in [0.1, 0.15) is 38.3 Å². The number of hydrogen-bond acceptors (Lipinski definition) is 2. The zero-order valence-corrected chi connectivity index (χ0v) is 14.4. The van der Waals surface area contributed by atoms with Gasteiger partial charge in [-0.15, -0.1) is 0 Å². The minimum absolute atomic E-state index is 0.604. The van der Waals surface area contributed by atoms with Crippen molar-refractivity contribution in [3.8, 4) is 0 Å². The van der Waals surface area contributed by atoms with E-state index in [4.69, 9.17) is 0 Å². The summed E-state index contributed by atoms with van der Waals surface area (Å²) >= 11 is 7.02. The molecule has 1 N–H and O–H groups in total. The highest BCUT2D eigenvalue weighted by Crippen LogP contribution is 2.49. The number of nitrogens with one attached hydrogen (secondary N) is 1. The quantitative estimate of drug-likeness (QED) is 0.821. The molecule has 0 amide bonds. The Balaban J connectivity index is 1.57. The van der Waals surface area contributed by atoms with Crippen molar-refractivity contribution in [2.24, 2.45) is 17.8 Å². The summed E-state index contributed by atoms with van der Waals surface area (Å²) in [5.41, 5.74) is 1.10. The highest BCUT2D eigenvalue weighted by atomic mass is 79.9. The van der Waals surface area contributed by atoms with Gasteiger partial charge < -0.3 is 5.32 Å². The molecule has 1 aromatic heterocycles. The Hall–Kier alpha value is 0.0700. The minimum atomic E-state index is 0.604. The Bertz CT molecular complexity index is 463. The van der Waals surface area contributed by atoms with E-state index in [-0.39, 0.29) is 0 Å². The average Bonchev–Trinajstić information content (AvgIpc) is 2.99. The van der Waals surface area contributed by atoms with Gasteiger partial charge in [0.2, 0.25) is 0 Å². The average molecular weight is 388 g/mol. The molecule has 4 atom stereocenters. The molecular formula is C15H20Br2N2. The molecule has 4 heteroatoms. The summed E-state index contributed by atoms with van der Waals surface area (Å²) in [7, 11) is 0. The third-order valence-electron chi connectivity index (χ3n) is 4.91. The van der Waals surface area contributed by atoms with Crippen molar-refractivity contribution >= 4 is 31.9 Å². The lowest BCUT2D eigenvalue weighted by atomic mass is 9.84. The predicted octanol–water partition coefficient (Wildman–Crippen LogP) is 4.52. The fourth-order valence-electron chi connectivity index (χ4n) is 3.89. The summed E-state index contributed by atoms with van der Waals surface area (Å²) in [6, 6.07) is 2.67. The van der Waals surface area contributed by atoms with Crippen molar-refractivity contribution < 1.29 is 0 Å². The lowest BCUT2D eigenvalue weighted by Gasteiger charge is -2.28. The van der Waals surface area contributed by atoms with Crippen LogP contribution < -0.4 is 5.32 Å². The van der Waals surface area contributed by atoms with Crippen molar-refractivity contribution in [3.63, 3.8) is 0 Å². The topological polar surface area (TPSA) is 24.9 Å². The van der Waals surface area contributed by atoms with Crippen LogP contribution in [-0.2, 0) is 6.54 Å². The minimum Gasteiger partial charge on any atom is -0.308 e. The first kappa shape index (κ1) is 14.0. The van der Waals surface area contributed by atoms with Gasteiger partial charge in [-0.2, -0.15) is 0 Å². The molecule has 0 aromatic carbocycles. The lowest BCUT2D eigenvalue weighted by Crippen LogP contribution is -2.36. The number of halogens is 2. The molecule has 0 spiro atoms. The SMILES string of the molecule is CC(NCc1ncc(Br)cc1Br)C1CC2CCC1C2. The smallest absolute Gasteiger partial charge is 0.0684 e. The first-order valence-corrected chi connectivity index (χ1v) is 8.75. The van der Waals surface area contributed by atoms with E-state index in [9.17, 15) is 0 Å². The van der Waals surface area contributed by atoms with Crippen LogP contribution in [0.3, 0.4) is 0 Å². The van der Waals surface area contributed by atoms with Crippen molar-refractivity contribution in [2.45, 2.75) is 45.2 Å². The van der Waals surface area contributed by atoms with Gasteiger partial charge in [0.25, 0.3) is 0 Å². The fourth-order valence-corrected chi connectivity index (χ4v) is 5.02. The summed E-state index contributed by atoms with van der Waals surface area (Å²) in [5.74, 6) is 2.89. The molecule has 0 saturated heterocycles. The molecule has 0 radical (unpaired) electrons. The molecule has 0 aliphatic heterocycles. The van der Waals surface area contributed by atoms with E-state index < -0.39 is 0 Å². The zero-order chi connectivity index (χ0) is 13.4. The largest absolute Gasteiger partial charge is 0.308 e. The monoisotopic (exact) mass is 386 g/mol.